The van der Waals surface area contributed by atoms with E-state index in [1.54, 1.807) is 24.3 Å². The fourth-order valence-electron chi connectivity index (χ4n) is 2.63. The third kappa shape index (κ3) is 4.69. The predicted molar refractivity (Wildman–Crippen MR) is 83.0 cm³/mol. The van der Waals surface area contributed by atoms with Crippen LogP contribution in [-0.2, 0) is 10.0 Å². The largest absolute Gasteiger partial charge is 0.494 e. The summed E-state index contributed by atoms with van der Waals surface area (Å²) < 4.78 is 32.6. The Balaban J connectivity index is 1.94. The van der Waals surface area contributed by atoms with Crippen LogP contribution in [0.4, 0.5) is 0 Å². The smallest absolute Gasteiger partial charge is 0.240 e. The van der Waals surface area contributed by atoms with E-state index < -0.39 is 10.0 Å². The van der Waals surface area contributed by atoms with Gasteiger partial charge in [-0.05, 0) is 63.5 Å². The summed E-state index contributed by atoms with van der Waals surface area (Å²) in [5, 5.41) is 0. The van der Waals surface area contributed by atoms with Crippen molar-refractivity contribution in [3.05, 3.63) is 24.3 Å². The van der Waals surface area contributed by atoms with Crippen LogP contribution in [0.5, 0.6) is 5.75 Å². The minimum atomic E-state index is -3.43. The van der Waals surface area contributed by atoms with E-state index in [2.05, 4.69) is 16.7 Å². The lowest BCUT2D eigenvalue weighted by Crippen LogP contribution is -2.39. The number of likely N-dealkylation sites (tertiary alicyclic amines) is 1. The highest BCUT2D eigenvalue weighted by molar-refractivity contribution is 7.89. The lowest BCUT2D eigenvalue weighted by Gasteiger charge is -2.29. The molecule has 0 radical (unpaired) electrons. The molecule has 0 spiro atoms. The molecule has 1 aliphatic rings. The van der Waals surface area contributed by atoms with Gasteiger partial charge in [0.25, 0.3) is 0 Å². The van der Waals surface area contributed by atoms with Crippen molar-refractivity contribution < 1.29 is 13.2 Å². The Labute approximate surface area is 127 Å². The fraction of sp³-hybridized carbons (Fsp3) is 0.600. The average Bonchev–Trinajstić information content (AvgIpc) is 2.46. The van der Waals surface area contributed by atoms with Gasteiger partial charge in [0, 0.05) is 13.1 Å². The summed E-state index contributed by atoms with van der Waals surface area (Å²) in [5.74, 6) is 1.08. The molecule has 5 nitrogen and oxygen atoms in total. The van der Waals surface area contributed by atoms with Gasteiger partial charge in [0.05, 0.1) is 11.5 Å². The summed E-state index contributed by atoms with van der Waals surface area (Å²) in [6, 6.07) is 6.54. The molecule has 0 aliphatic carbocycles. The molecule has 2 rings (SSSR count). The molecule has 0 bridgehead atoms. The van der Waals surface area contributed by atoms with Crippen molar-refractivity contribution in [2.24, 2.45) is 5.92 Å². The van der Waals surface area contributed by atoms with Crippen LogP contribution in [0.25, 0.3) is 0 Å². The van der Waals surface area contributed by atoms with Gasteiger partial charge in [0.2, 0.25) is 10.0 Å². The second kappa shape index (κ2) is 7.24. The maximum atomic E-state index is 12.3. The molecule has 0 saturated carbocycles. The standard InChI is InChI=1S/C15H24N2O3S/c1-3-20-14-6-8-15(9-7-14)21(18,19)16-11-13-5-4-10-17(2)12-13/h6-9,13,16H,3-5,10-12H2,1-2H3. The maximum Gasteiger partial charge on any atom is 0.240 e. The monoisotopic (exact) mass is 312 g/mol. The lowest BCUT2D eigenvalue weighted by atomic mass is 9.99. The summed E-state index contributed by atoms with van der Waals surface area (Å²) in [5.41, 5.74) is 0. The Bertz CT molecular complexity index is 543. The molecule has 0 aromatic heterocycles. The van der Waals surface area contributed by atoms with Crippen LogP contribution in [-0.4, -0.2) is 46.6 Å². The third-order valence-electron chi connectivity index (χ3n) is 3.73. The normalized spacial score (nSPS) is 20.4. The Kier molecular flexibility index (Phi) is 5.61. The number of ether oxygens (including phenoxy) is 1. The van der Waals surface area contributed by atoms with E-state index in [0.717, 1.165) is 25.9 Å². The van der Waals surface area contributed by atoms with Crippen LogP contribution < -0.4 is 9.46 Å². The van der Waals surface area contributed by atoms with Gasteiger partial charge >= 0.3 is 0 Å². The van der Waals surface area contributed by atoms with Crippen LogP contribution >= 0.6 is 0 Å². The van der Waals surface area contributed by atoms with Gasteiger partial charge < -0.3 is 9.64 Å². The Morgan fingerprint density at radius 2 is 2.05 bits per heavy atom. The predicted octanol–water partition coefficient (Wildman–Crippen LogP) is 1.71. The SMILES string of the molecule is CCOc1ccc(S(=O)(=O)NCC2CCCN(C)C2)cc1. The van der Waals surface area contributed by atoms with E-state index in [-0.39, 0.29) is 4.90 Å². The van der Waals surface area contributed by atoms with E-state index in [1.807, 2.05) is 6.92 Å². The molecule has 1 saturated heterocycles. The number of benzene rings is 1. The molecule has 1 fully saturated rings. The molecular formula is C15H24N2O3S. The van der Waals surface area contributed by atoms with Crippen LogP contribution in [0, 0.1) is 5.92 Å². The first-order valence-corrected chi connectivity index (χ1v) is 8.90. The van der Waals surface area contributed by atoms with E-state index in [1.165, 1.54) is 0 Å². The maximum absolute atomic E-state index is 12.3. The van der Waals surface area contributed by atoms with Crippen LogP contribution in [0.3, 0.4) is 0 Å². The first-order chi connectivity index (χ1) is 10.0. The van der Waals surface area contributed by atoms with Crippen LogP contribution in [0.1, 0.15) is 19.8 Å². The molecule has 118 valence electrons. The fourth-order valence-corrected chi connectivity index (χ4v) is 3.75. The van der Waals surface area contributed by atoms with Gasteiger partial charge in [-0.3, -0.25) is 0 Å². The van der Waals surface area contributed by atoms with Gasteiger partial charge in [-0.1, -0.05) is 0 Å². The summed E-state index contributed by atoms with van der Waals surface area (Å²) in [6.45, 7) is 5.01. The van der Waals surface area contributed by atoms with Crippen molar-refractivity contribution in [3.8, 4) is 5.75 Å². The minimum Gasteiger partial charge on any atom is -0.494 e. The van der Waals surface area contributed by atoms with Crippen molar-refractivity contribution in [2.75, 3.05) is 33.3 Å². The molecule has 1 heterocycles. The number of rotatable bonds is 6. The van der Waals surface area contributed by atoms with Crippen LogP contribution in [0.15, 0.2) is 29.2 Å². The van der Waals surface area contributed by atoms with Gasteiger partial charge in [-0.2, -0.15) is 0 Å². The highest BCUT2D eigenvalue weighted by atomic mass is 32.2. The zero-order valence-corrected chi connectivity index (χ0v) is 13.5. The molecule has 6 heteroatoms. The van der Waals surface area contributed by atoms with Crippen molar-refractivity contribution in [3.63, 3.8) is 0 Å². The van der Waals surface area contributed by atoms with Gasteiger partial charge in [-0.15, -0.1) is 0 Å². The zero-order valence-electron chi connectivity index (χ0n) is 12.7. The number of hydrogen-bond acceptors (Lipinski definition) is 4. The van der Waals surface area contributed by atoms with E-state index in [0.29, 0.717) is 24.8 Å². The molecule has 21 heavy (non-hydrogen) atoms. The van der Waals surface area contributed by atoms with Gasteiger partial charge in [-0.25, -0.2) is 13.1 Å². The summed E-state index contributed by atoms with van der Waals surface area (Å²) in [4.78, 5) is 2.54. The third-order valence-corrected chi connectivity index (χ3v) is 5.17. The highest BCUT2D eigenvalue weighted by Crippen LogP contribution is 2.18. The van der Waals surface area contributed by atoms with E-state index in [4.69, 9.17) is 4.74 Å². The number of nitrogens with one attached hydrogen (secondary N) is 1. The van der Waals surface area contributed by atoms with E-state index >= 15 is 0 Å². The highest BCUT2D eigenvalue weighted by Gasteiger charge is 2.20. The Morgan fingerprint density at radius 3 is 2.67 bits per heavy atom. The van der Waals surface area contributed by atoms with Gasteiger partial charge in [0.1, 0.15) is 5.75 Å². The van der Waals surface area contributed by atoms with Crippen molar-refractivity contribution >= 4 is 10.0 Å². The van der Waals surface area contributed by atoms with Crippen molar-refractivity contribution in [1.29, 1.82) is 0 Å². The molecule has 1 N–H and O–H groups in total. The first kappa shape index (κ1) is 16.3. The molecule has 1 unspecified atom stereocenters. The minimum absolute atomic E-state index is 0.287. The van der Waals surface area contributed by atoms with Gasteiger partial charge in [0.15, 0.2) is 0 Å². The Hall–Kier alpha value is -1.11. The summed E-state index contributed by atoms with van der Waals surface area (Å²) in [7, 11) is -1.36. The van der Waals surface area contributed by atoms with E-state index in [9.17, 15) is 8.42 Å². The topological polar surface area (TPSA) is 58.6 Å². The number of nitrogens with zero attached hydrogens (tertiary/aromatic N) is 1. The molecule has 1 atom stereocenters. The second-order valence-corrected chi connectivity index (χ2v) is 7.29. The average molecular weight is 312 g/mol. The Morgan fingerprint density at radius 1 is 1.33 bits per heavy atom. The molecular weight excluding hydrogens is 288 g/mol. The first-order valence-electron chi connectivity index (χ1n) is 7.42. The number of hydrogen-bond donors (Lipinski definition) is 1. The lowest BCUT2D eigenvalue weighted by molar-refractivity contribution is 0.211. The van der Waals surface area contributed by atoms with Crippen LogP contribution in [0.2, 0.25) is 0 Å². The molecule has 1 aromatic carbocycles. The van der Waals surface area contributed by atoms with Crippen molar-refractivity contribution in [1.82, 2.24) is 9.62 Å². The van der Waals surface area contributed by atoms with Crippen molar-refractivity contribution in [2.45, 2.75) is 24.7 Å². The summed E-state index contributed by atoms with van der Waals surface area (Å²) in [6.07, 6.45) is 2.21. The molecule has 0 amide bonds. The zero-order chi connectivity index (χ0) is 15.3. The molecule has 1 aliphatic heterocycles. The summed E-state index contributed by atoms with van der Waals surface area (Å²) >= 11 is 0. The number of piperidine rings is 1. The second-order valence-electron chi connectivity index (χ2n) is 5.53. The molecule has 1 aromatic rings. The quantitative estimate of drug-likeness (QED) is 0.869. The number of sulfonamides is 1.